The molecule has 1 saturated heterocycles. The molecule has 8 heteroatoms. The van der Waals surface area contributed by atoms with E-state index in [1.54, 1.807) is 30.5 Å². The van der Waals surface area contributed by atoms with Crippen molar-refractivity contribution in [3.63, 3.8) is 0 Å². The maximum atomic E-state index is 11.1. The van der Waals surface area contributed by atoms with Gasteiger partial charge in [-0.05, 0) is 24.3 Å². The summed E-state index contributed by atoms with van der Waals surface area (Å²) in [6.07, 6.45) is 6.12. The number of pyridine rings is 1. The summed E-state index contributed by atoms with van der Waals surface area (Å²) in [5, 5.41) is 23.8. The van der Waals surface area contributed by atoms with Crippen LogP contribution in [0.4, 0.5) is 11.6 Å². The van der Waals surface area contributed by atoms with Gasteiger partial charge in [0.1, 0.15) is 17.9 Å². The van der Waals surface area contributed by atoms with Crippen molar-refractivity contribution in [1.29, 1.82) is 5.26 Å². The Bertz CT molecular complexity index is 1030. The fraction of sp³-hybridized carbons (Fsp3) is 0.238. The van der Waals surface area contributed by atoms with Crippen LogP contribution in [0.25, 0.3) is 11.3 Å². The van der Waals surface area contributed by atoms with E-state index in [2.05, 4.69) is 21.4 Å². The Labute approximate surface area is 168 Å². The van der Waals surface area contributed by atoms with Gasteiger partial charge in [0.15, 0.2) is 12.4 Å². The lowest BCUT2D eigenvalue weighted by atomic mass is 10.1. The molecule has 1 aromatic carbocycles. The van der Waals surface area contributed by atoms with Crippen molar-refractivity contribution in [3.8, 4) is 23.1 Å². The summed E-state index contributed by atoms with van der Waals surface area (Å²) < 4.78 is 12.1. The Hall–Kier alpha value is -3.70. The molecular formula is C21H19N5O3. The van der Waals surface area contributed by atoms with Gasteiger partial charge < -0.3 is 20.0 Å². The molecule has 0 radical (unpaired) electrons. The lowest BCUT2D eigenvalue weighted by Crippen LogP contribution is -2.26. The summed E-state index contributed by atoms with van der Waals surface area (Å²) in [6.45, 7) is 1.36. The number of hydrogen-bond acceptors (Lipinski definition) is 7. The first-order chi connectivity index (χ1) is 14.2. The molecular weight excluding hydrogens is 370 g/mol. The van der Waals surface area contributed by atoms with E-state index in [9.17, 15) is 10.5 Å². The fourth-order valence-electron chi connectivity index (χ4n) is 3.06. The molecule has 146 valence electrons. The van der Waals surface area contributed by atoms with Crippen molar-refractivity contribution in [2.75, 3.05) is 18.5 Å². The number of nitrogens with one attached hydrogen (secondary N) is 1. The van der Waals surface area contributed by atoms with Crippen LogP contribution in [0, 0.1) is 16.5 Å². The van der Waals surface area contributed by atoms with Crippen LogP contribution in [0.15, 0.2) is 55.0 Å². The van der Waals surface area contributed by atoms with Gasteiger partial charge in [-0.25, -0.2) is 9.97 Å². The van der Waals surface area contributed by atoms with Crippen molar-refractivity contribution in [2.45, 2.75) is 18.9 Å². The van der Waals surface area contributed by atoms with Crippen LogP contribution in [0.2, 0.25) is 0 Å². The van der Waals surface area contributed by atoms with Crippen LogP contribution >= 0.6 is 0 Å². The maximum Gasteiger partial charge on any atom is 0.227 e. The minimum Gasteiger partial charge on any atom is -0.619 e. The van der Waals surface area contributed by atoms with Crippen LogP contribution in [0.5, 0.6) is 5.75 Å². The third-order valence-electron chi connectivity index (χ3n) is 4.57. The van der Waals surface area contributed by atoms with Crippen molar-refractivity contribution >= 4 is 11.6 Å². The number of ether oxygens (including phenoxy) is 2. The standard InChI is InChI=1S/C21H19N5O3/c22-14-16-13-15(1-2-20(16)29-18-6-11-28-12-7-18)19-3-8-23-21(25-19)24-17-4-9-26(27)10-5-17/h1-5,8-10,13,18H,6-7,11-12H2,(H,23,24,25). The van der Waals surface area contributed by atoms with Gasteiger partial charge in [-0.1, -0.05) is 0 Å². The fourth-order valence-corrected chi connectivity index (χ4v) is 3.06. The molecule has 3 aromatic rings. The molecule has 1 N–H and O–H groups in total. The van der Waals surface area contributed by atoms with Gasteiger partial charge in [-0.2, -0.15) is 9.99 Å². The first kappa shape index (κ1) is 18.7. The number of hydrogen-bond donors (Lipinski definition) is 1. The Morgan fingerprint density at radius 1 is 1.17 bits per heavy atom. The molecule has 1 fully saturated rings. The van der Waals surface area contributed by atoms with Gasteiger partial charge >= 0.3 is 0 Å². The molecule has 0 amide bonds. The summed E-state index contributed by atoms with van der Waals surface area (Å²) in [4.78, 5) is 8.72. The topological polar surface area (TPSA) is 107 Å². The first-order valence-electron chi connectivity index (χ1n) is 9.29. The molecule has 1 aliphatic rings. The van der Waals surface area contributed by atoms with Gasteiger partial charge in [0, 0.05) is 36.7 Å². The SMILES string of the molecule is N#Cc1cc(-c2ccnc(Nc3cc[n+]([O-])cc3)n2)ccc1OC1CCOCC1. The number of rotatable bonds is 5. The number of nitrogens with zero attached hydrogens (tertiary/aromatic N) is 4. The van der Waals surface area contributed by atoms with Crippen molar-refractivity contribution in [1.82, 2.24) is 9.97 Å². The normalized spacial score (nSPS) is 14.2. The number of benzene rings is 1. The summed E-state index contributed by atoms with van der Waals surface area (Å²) in [5.41, 5.74) is 2.63. The van der Waals surface area contributed by atoms with Crippen LogP contribution in [-0.4, -0.2) is 29.3 Å². The highest BCUT2D eigenvalue weighted by Gasteiger charge is 2.17. The zero-order valence-electron chi connectivity index (χ0n) is 15.6. The summed E-state index contributed by atoms with van der Waals surface area (Å²) in [6, 6.07) is 12.7. The Balaban J connectivity index is 1.54. The van der Waals surface area contributed by atoms with Gasteiger partial charge in [-0.15, -0.1) is 0 Å². The number of anilines is 2. The van der Waals surface area contributed by atoms with Crippen LogP contribution in [-0.2, 0) is 4.74 Å². The molecule has 0 atom stereocenters. The van der Waals surface area contributed by atoms with E-state index in [0.29, 0.717) is 46.6 Å². The molecule has 0 bridgehead atoms. The van der Waals surface area contributed by atoms with Crippen molar-refractivity contribution in [3.05, 3.63) is 65.8 Å². The zero-order valence-corrected chi connectivity index (χ0v) is 15.6. The number of aromatic nitrogens is 3. The Morgan fingerprint density at radius 2 is 1.97 bits per heavy atom. The van der Waals surface area contributed by atoms with E-state index in [1.165, 1.54) is 12.4 Å². The average Bonchev–Trinajstić information content (AvgIpc) is 2.76. The highest BCUT2D eigenvalue weighted by atomic mass is 16.5. The second kappa shape index (κ2) is 8.54. The second-order valence-electron chi connectivity index (χ2n) is 6.59. The molecule has 3 heterocycles. The lowest BCUT2D eigenvalue weighted by Gasteiger charge is -2.23. The quantitative estimate of drug-likeness (QED) is 0.528. The molecule has 0 aliphatic carbocycles. The lowest BCUT2D eigenvalue weighted by molar-refractivity contribution is -0.605. The third-order valence-corrected chi connectivity index (χ3v) is 4.57. The van der Waals surface area contributed by atoms with E-state index in [1.807, 2.05) is 12.1 Å². The van der Waals surface area contributed by atoms with Gasteiger partial charge in [0.05, 0.1) is 30.2 Å². The molecule has 2 aromatic heterocycles. The third kappa shape index (κ3) is 4.59. The molecule has 0 spiro atoms. The van der Waals surface area contributed by atoms with E-state index in [4.69, 9.17) is 9.47 Å². The largest absolute Gasteiger partial charge is 0.619 e. The van der Waals surface area contributed by atoms with E-state index < -0.39 is 0 Å². The van der Waals surface area contributed by atoms with E-state index >= 15 is 0 Å². The Kier molecular flexibility index (Phi) is 5.49. The van der Waals surface area contributed by atoms with Gasteiger partial charge in [0.25, 0.3) is 0 Å². The smallest absolute Gasteiger partial charge is 0.227 e. The van der Waals surface area contributed by atoms with Crippen LogP contribution in [0.1, 0.15) is 18.4 Å². The van der Waals surface area contributed by atoms with Crippen molar-refractivity contribution < 1.29 is 14.2 Å². The maximum absolute atomic E-state index is 11.1. The average molecular weight is 389 g/mol. The van der Waals surface area contributed by atoms with Gasteiger partial charge in [-0.3, -0.25) is 0 Å². The zero-order chi connectivity index (χ0) is 20.1. The van der Waals surface area contributed by atoms with Gasteiger partial charge in [0.2, 0.25) is 5.95 Å². The summed E-state index contributed by atoms with van der Waals surface area (Å²) in [7, 11) is 0. The highest BCUT2D eigenvalue weighted by Crippen LogP contribution is 2.28. The molecule has 0 saturated carbocycles. The van der Waals surface area contributed by atoms with E-state index in [-0.39, 0.29) is 6.10 Å². The molecule has 29 heavy (non-hydrogen) atoms. The molecule has 1 aliphatic heterocycles. The van der Waals surface area contributed by atoms with E-state index in [0.717, 1.165) is 18.4 Å². The number of nitriles is 1. The molecule has 0 unspecified atom stereocenters. The minimum absolute atomic E-state index is 0.0650. The monoisotopic (exact) mass is 389 g/mol. The highest BCUT2D eigenvalue weighted by molar-refractivity contribution is 5.65. The first-order valence-corrected chi connectivity index (χ1v) is 9.29. The summed E-state index contributed by atoms with van der Waals surface area (Å²) in [5.74, 6) is 0.970. The summed E-state index contributed by atoms with van der Waals surface area (Å²) >= 11 is 0. The minimum atomic E-state index is 0.0650. The van der Waals surface area contributed by atoms with Crippen LogP contribution in [0.3, 0.4) is 0 Å². The van der Waals surface area contributed by atoms with Crippen LogP contribution < -0.4 is 14.8 Å². The molecule has 4 rings (SSSR count). The van der Waals surface area contributed by atoms with Crippen molar-refractivity contribution in [2.24, 2.45) is 0 Å². The predicted octanol–water partition coefficient (Wildman–Crippen LogP) is 2.95. The molecule has 8 nitrogen and oxygen atoms in total. The second-order valence-corrected chi connectivity index (χ2v) is 6.59. The Morgan fingerprint density at radius 3 is 2.72 bits per heavy atom. The predicted molar refractivity (Wildman–Crippen MR) is 105 cm³/mol.